The molecule has 1 spiro atoms. The number of allylic oxidation sites excluding steroid dienone is 1. The van der Waals surface area contributed by atoms with Gasteiger partial charge in [-0.1, -0.05) is 11.6 Å². The molecule has 1 N–H and O–H groups in total. The minimum absolute atomic E-state index is 0.00734. The van der Waals surface area contributed by atoms with E-state index < -0.39 is 0 Å². The van der Waals surface area contributed by atoms with Gasteiger partial charge in [0, 0.05) is 25.8 Å². The van der Waals surface area contributed by atoms with Crippen molar-refractivity contribution >= 4 is 5.91 Å². The molecule has 4 rings (SSSR count). The molecule has 3 heterocycles. The molecule has 6 unspecified atom stereocenters. The van der Waals surface area contributed by atoms with Crippen LogP contribution in [0.25, 0.3) is 0 Å². The number of nitrogens with one attached hydrogen (secondary N) is 1. The van der Waals surface area contributed by atoms with Crippen LogP contribution < -0.4 is 5.32 Å². The van der Waals surface area contributed by atoms with Gasteiger partial charge in [-0.05, 0) is 78.5 Å². The van der Waals surface area contributed by atoms with E-state index in [1.54, 1.807) is 13.2 Å². The molecule has 0 aromatic heterocycles. The van der Waals surface area contributed by atoms with Crippen LogP contribution in [0.15, 0.2) is 23.3 Å². The quantitative estimate of drug-likeness (QED) is 0.362. The summed E-state index contributed by atoms with van der Waals surface area (Å²) >= 11 is 0. The van der Waals surface area contributed by atoms with Crippen molar-refractivity contribution < 1.29 is 19.0 Å². The Balaban J connectivity index is 1.40. The third-order valence-electron chi connectivity index (χ3n) is 7.94. The first-order chi connectivity index (χ1) is 14.8. The fourth-order valence-electron chi connectivity index (χ4n) is 5.92. The zero-order chi connectivity index (χ0) is 22.2. The number of amides is 1. The van der Waals surface area contributed by atoms with E-state index in [-0.39, 0.29) is 35.2 Å². The van der Waals surface area contributed by atoms with Crippen LogP contribution in [0.1, 0.15) is 59.3 Å². The lowest BCUT2D eigenvalue weighted by Crippen LogP contribution is -2.50. The highest BCUT2D eigenvalue weighted by Gasteiger charge is 2.71. The second kappa shape index (κ2) is 8.97. The monoisotopic (exact) mass is 432 g/mol. The number of carbonyl (C=O) groups excluding carboxylic acids is 1. The molecule has 0 aromatic carbocycles. The summed E-state index contributed by atoms with van der Waals surface area (Å²) < 4.78 is 18.3. The topological polar surface area (TPSA) is 66.6 Å². The Bertz CT molecular complexity index is 740. The second-order valence-electron chi connectivity index (χ2n) is 10.4. The van der Waals surface area contributed by atoms with Crippen LogP contribution in [0.5, 0.6) is 0 Å². The number of carbonyl (C=O) groups is 1. The summed E-state index contributed by atoms with van der Waals surface area (Å²) in [5, 5.41) is 3.10. The van der Waals surface area contributed by atoms with Crippen molar-refractivity contribution in [3.8, 4) is 0 Å². The summed E-state index contributed by atoms with van der Waals surface area (Å²) in [4.78, 5) is 15.1. The predicted molar refractivity (Wildman–Crippen MR) is 121 cm³/mol. The third-order valence-corrected chi connectivity index (χ3v) is 7.94. The molecule has 31 heavy (non-hydrogen) atoms. The van der Waals surface area contributed by atoms with Crippen molar-refractivity contribution in [2.45, 2.75) is 88.7 Å². The first kappa shape index (κ1) is 23.0. The van der Waals surface area contributed by atoms with Crippen molar-refractivity contribution in [3.63, 3.8) is 0 Å². The van der Waals surface area contributed by atoms with Gasteiger partial charge in [-0.3, -0.25) is 4.79 Å². The van der Waals surface area contributed by atoms with Crippen molar-refractivity contribution in [2.24, 2.45) is 5.92 Å². The van der Waals surface area contributed by atoms with Crippen molar-refractivity contribution in [1.82, 2.24) is 10.2 Å². The molecule has 3 saturated heterocycles. The Morgan fingerprint density at radius 2 is 2.16 bits per heavy atom. The van der Waals surface area contributed by atoms with Crippen LogP contribution in [0.2, 0.25) is 0 Å². The van der Waals surface area contributed by atoms with Crippen LogP contribution in [0, 0.1) is 5.92 Å². The molecule has 174 valence electrons. The van der Waals surface area contributed by atoms with E-state index in [4.69, 9.17) is 14.2 Å². The van der Waals surface area contributed by atoms with E-state index in [9.17, 15) is 4.79 Å². The maximum atomic E-state index is 12.7. The number of rotatable bonds is 8. The molecule has 1 amide bonds. The van der Waals surface area contributed by atoms with E-state index in [0.29, 0.717) is 6.04 Å². The Hall–Kier alpha value is -1.21. The van der Waals surface area contributed by atoms with Crippen LogP contribution in [0.4, 0.5) is 0 Å². The molecule has 6 heteroatoms. The summed E-state index contributed by atoms with van der Waals surface area (Å²) in [6.45, 7) is 9.08. The first-order valence-corrected chi connectivity index (χ1v) is 12.0. The summed E-state index contributed by atoms with van der Waals surface area (Å²) in [7, 11) is 3.92. The highest BCUT2D eigenvalue weighted by Crippen LogP contribution is 2.60. The van der Waals surface area contributed by atoms with Crippen molar-refractivity contribution in [1.29, 1.82) is 0 Å². The molecule has 4 fully saturated rings. The lowest BCUT2D eigenvalue weighted by Gasteiger charge is -2.40. The van der Waals surface area contributed by atoms with Gasteiger partial charge in [0.15, 0.2) is 0 Å². The highest BCUT2D eigenvalue weighted by atomic mass is 16.6. The van der Waals surface area contributed by atoms with Gasteiger partial charge in [0.25, 0.3) is 0 Å². The Morgan fingerprint density at radius 3 is 2.77 bits per heavy atom. The summed E-state index contributed by atoms with van der Waals surface area (Å²) in [6.07, 6.45) is 10.2. The molecule has 6 nitrogen and oxygen atoms in total. The van der Waals surface area contributed by atoms with E-state index in [1.165, 1.54) is 25.0 Å². The van der Waals surface area contributed by atoms with Gasteiger partial charge in [-0.2, -0.15) is 0 Å². The number of epoxide rings is 2. The molecular weight excluding hydrogens is 392 g/mol. The zero-order valence-corrected chi connectivity index (χ0v) is 19.9. The van der Waals surface area contributed by atoms with Crippen molar-refractivity contribution in [3.05, 3.63) is 23.3 Å². The molecule has 0 radical (unpaired) electrons. The average Bonchev–Trinajstić information content (AvgIpc) is 3.59. The number of ether oxygens (including phenoxy) is 3. The van der Waals surface area contributed by atoms with E-state index in [0.717, 1.165) is 44.4 Å². The van der Waals surface area contributed by atoms with Crippen LogP contribution in [-0.4, -0.2) is 74.1 Å². The summed E-state index contributed by atoms with van der Waals surface area (Å²) in [6, 6.07) is 0.593. The standard InChI is InChI=1S/C25H40N2O4/c1-17(2)8-9-20-24(3,31-20)23-22(29-5)18(10-12-25(23)16-30-25)15-21(28)26-13-11-19-7-6-14-27(19)4/h8,15,19-20,22-23H,6-7,9-14,16H2,1-5H3,(H,26,28). The molecule has 3 aliphatic heterocycles. The van der Waals surface area contributed by atoms with E-state index in [2.05, 4.69) is 44.1 Å². The first-order valence-electron chi connectivity index (χ1n) is 12.0. The lowest BCUT2D eigenvalue weighted by atomic mass is 9.67. The molecule has 1 saturated carbocycles. The minimum Gasteiger partial charge on any atom is -0.377 e. The smallest absolute Gasteiger partial charge is 0.244 e. The Labute approximate surface area is 187 Å². The van der Waals surface area contributed by atoms with Crippen LogP contribution in [0.3, 0.4) is 0 Å². The normalized spacial score (nSPS) is 40.9. The molecule has 4 aliphatic rings. The maximum absolute atomic E-state index is 12.7. The second-order valence-corrected chi connectivity index (χ2v) is 10.4. The highest BCUT2D eigenvalue weighted by molar-refractivity contribution is 5.88. The molecular formula is C25H40N2O4. The van der Waals surface area contributed by atoms with Crippen LogP contribution >= 0.6 is 0 Å². The number of nitrogens with zero attached hydrogens (tertiary/aromatic N) is 1. The minimum atomic E-state index is -0.272. The Morgan fingerprint density at radius 1 is 1.39 bits per heavy atom. The van der Waals surface area contributed by atoms with Gasteiger partial charge < -0.3 is 24.4 Å². The van der Waals surface area contributed by atoms with Crippen LogP contribution in [-0.2, 0) is 19.0 Å². The summed E-state index contributed by atoms with van der Waals surface area (Å²) in [5.41, 5.74) is 1.95. The number of methoxy groups -OCH3 is 1. The number of hydrogen-bond donors (Lipinski definition) is 1. The third kappa shape index (κ3) is 4.77. The van der Waals surface area contributed by atoms with Gasteiger partial charge in [0.05, 0.1) is 24.7 Å². The van der Waals surface area contributed by atoms with E-state index >= 15 is 0 Å². The predicted octanol–water partition coefficient (Wildman–Crippen LogP) is 3.22. The SMILES string of the molecule is COC1C(=CC(=O)NCCC2CCCN2C)CCC2(CO2)C1C1(C)OC1CC=C(C)C. The van der Waals surface area contributed by atoms with Gasteiger partial charge in [0.1, 0.15) is 11.2 Å². The fourth-order valence-corrected chi connectivity index (χ4v) is 5.92. The van der Waals surface area contributed by atoms with Gasteiger partial charge in [-0.15, -0.1) is 0 Å². The molecule has 1 aliphatic carbocycles. The number of likely N-dealkylation sites (tertiary alicyclic amines) is 1. The summed E-state index contributed by atoms with van der Waals surface area (Å²) in [5.74, 6) is 0.104. The zero-order valence-electron chi connectivity index (χ0n) is 19.9. The Kier molecular flexibility index (Phi) is 6.64. The van der Waals surface area contributed by atoms with Gasteiger partial charge in [0.2, 0.25) is 5.91 Å². The lowest BCUT2D eigenvalue weighted by molar-refractivity contribution is -0.116. The largest absolute Gasteiger partial charge is 0.377 e. The molecule has 0 bridgehead atoms. The number of hydrogen-bond acceptors (Lipinski definition) is 5. The molecule has 6 atom stereocenters. The van der Waals surface area contributed by atoms with Gasteiger partial charge in [-0.25, -0.2) is 0 Å². The van der Waals surface area contributed by atoms with E-state index in [1.807, 2.05) is 0 Å². The van der Waals surface area contributed by atoms with Crippen molar-refractivity contribution in [2.75, 3.05) is 33.9 Å². The fraction of sp³-hybridized carbons (Fsp3) is 0.800. The van der Waals surface area contributed by atoms with Gasteiger partial charge >= 0.3 is 0 Å². The maximum Gasteiger partial charge on any atom is 0.244 e. The average molecular weight is 433 g/mol. The molecule has 0 aromatic rings.